The summed E-state index contributed by atoms with van der Waals surface area (Å²) in [6, 6.07) is 7.59. The van der Waals surface area contributed by atoms with Crippen LogP contribution in [0.2, 0.25) is 0 Å². The van der Waals surface area contributed by atoms with Crippen LogP contribution in [0.15, 0.2) is 36.8 Å². The zero-order chi connectivity index (χ0) is 19.1. The highest BCUT2D eigenvalue weighted by Crippen LogP contribution is 2.18. The Kier molecular flexibility index (Phi) is 6.19. The van der Waals surface area contributed by atoms with Gasteiger partial charge in [-0.15, -0.1) is 0 Å². The van der Waals surface area contributed by atoms with Crippen molar-refractivity contribution in [2.45, 2.75) is 26.8 Å². The lowest BCUT2D eigenvalue weighted by molar-refractivity contribution is -0.123. The molecule has 0 atom stereocenters. The predicted octanol–water partition coefficient (Wildman–Crippen LogP) is 2.15. The van der Waals surface area contributed by atoms with E-state index in [9.17, 15) is 4.79 Å². The first-order valence-corrected chi connectivity index (χ1v) is 9.04. The number of aromatic nitrogens is 4. The van der Waals surface area contributed by atoms with Gasteiger partial charge >= 0.3 is 0 Å². The molecule has 27 heavy (non-hydrogen) atoms. The molecule has 0 spiro atoms. The Morgan fingerprint density at radius 2 is 2.00 bits per heavy atom. The number of ether oxygens (including phenoxy) is 1. The number of anilines is 1. The fraction of sp³-hybridized carbons (Fsp3) is 0.368. The summed E-state index contributed by atoms with van der Waals surface area (Å²) in [6.07, 6.45) is 4.28. The number of rotatable bonds is 9. The summed E-state index contributed by atoms with van der Waals surface area (Å²) in [4.78, 5) is 20.5. The highest BCUT2D eigenvalue weighted by atomic mass is 16.5. The largest absolute Gasteiger partial charge is 0.484 e. The van der Waals surface area contributed by atoms with Crippen molar-refractivity contribution >= 4 is 22.8 Å². The highest BCUT2D eigenvalue weighted by Gasteiger charge is 2.10. The van der Waals surface area contributed by atoms with Crippen LogP contribution in [0.1, 0.15) is 18.9 Å². The van der Waals surface area contributed by atoms with Crippen LogP contribution in [0, 0.1) is 6.92 Å². The smallest absolute Gasteiger partial charge is 0.258 e. The summed E-state index contributed by atoms with van der Waals surface area (Å²) >= 11 is 0. The Balaban J connectivity index is 1.50. The standard InChI is InChI=1S/C19H24N6O2/c1-3-8-21-18-16-11-24-25(19(16)23-13-22-18)10-9-20-17(26)12-27-15-6-4-14(2)5-7-15/h4-7,11,13H,3,8-10,12H2,1-2H3,(H,20,26)(H,21,22,23). The average molecular weight is 368 g/mol. The third-order valence-electron chi connectivity index (χ3n) is 4.01. The summed E-state index contributed by atoms with van der Waals surface area (Å²) in [5, 5.41) is 11.3. The number of carbonyl (C=O) groups excluding carboxylic acids is 1. The van der Waals surface area contributed by atoms with Gasteiger partial charge in [-0.1, -0.05) is 24.6 Å². The molecule has 2 aromatic heterocycles. The minimum atomic E-state index is -0.174. The second kappa shape index (κ2) is 8.98. The summed E-state index contributed by atoms with van der Waals surface area (Å²) < 4.78 is 7.23. The molecule has 0 aliphatic heterocycles. The summed E-state index contributed by atoms with van der Waals surface area (Å²) in [6.45, 7) is 5.88. The molecule has 2 N–H and O–H groups in total. The molecular formula is C19H24N6O2. The van der Waals surface area contributed by atoms with Crippen LogP contribution < -0.4 is 15.4 Å². The Hall–Kier alpha value is -3.16. The predicted molar refractivity (Wildman–Crippen MR) is 104 cm³/mol. The van der Waals surface area contributed by atoms with E-state index in [1.165, 1.54) is 6.33 Å². The second-order valence-corrected chi connectivity index (χ2v) is 6.21. The zero-order valence-electron chi connectivity index (χ0n) is 15.6. The molecule has 3 aromatic rings. The van der Waals surface area contributed by atoms with Crippen molar-refractivity contribution in [3.63, 3.8) is 0 Å². The van der Waals surface area contributed by atoms with E-state index in [1.807, 2.05) is 31.2 Å². The van der Waals surface area contributed by atoms with E-state index >= 15 is 0 Å². The molecule has 0 fully saturated rings. The maximum atomic E-state index is 11.9. The van der Waals surface area contributed by atoms with Crippen LogP contribution in [0.4, 0.5) is 5.82 Å². The van der Waals surface area contributed by atoms with Crippen LogP contribution in [0.3, 0.4) is 0 Å². The molecule has 1 aromatic carbocycles. The number of amides is 1. The Bertz CT molecular complexity index is 891. The van der Waals surface area contributed by atoms with Gasteiger partial charge in [0.15, 0.2) is 12.3 Å². The number of hydrogen-bond donors (Lipinski definition) is 2. The van der Waals surface area contributed by atoms with Crippen molar-refractivity contribution in [2.75, 3.05) is 25.0 Å². The van der Waals surface area contributed by atoms with E-state index in [0.29, 0.717) is 18.8 Å². The van der Waals surface area contributed by atoms with E-state index in [1.54, 1.807) is 10.9 Å². The van der Waals surface area contributed by atoms with Crippen molar-refractivity contribution in [3.8, 4) is 5.75 Å². The maximum absolute atomic E-state index is 11.9. The molecule has 0 unspecified atom stereocenters. The minimum absolute atomic E-state index is 0.0177. The molecule has 2 heterocycles. The Morgan fingerprint density at radius 1 is 1.19 bits per heavy atom. The first kappa shape index (κ1) is 18.6. The van der Waals surface area contributed by atoms with Crippen molar-refractivity contribution in [2.24, 2.45) is 0 Å². The number of fused-ring (bicyclic) bond motifs is 1. The topological polar surface area (TPSA) is 94.0 Å². The first-order chi connectivity index (χ1) is 13.2. The van der Waals surface area contributed by atoms with Gasteiger partial charge < -0.3 is 15.4 Å². The molecule has 8 nitrogen and oxygen atoms in total. The molecule has 1 amide bonds. The van der Waals surface area contributed by atoms with Crippen LogP contribution in [0.5, 0.6) is 5.75 Å². The van der Waals surface area contributed by atoms with Crippen LogP contribution >= 0.6 is 0 Å². The van der Waals surface area contributed by atoms with Crippen LogP contribution in [0.25, 0.3) is 11.0 Å². The van der Waals surface area contributed by atoms with E-state index in [2.05, 4.69) is 32.6 Å². The molecule has 8 heteroatoms. The number of carbonyl (C=O) groups is 1. The second-order valence-electron chi connectivity index (χ2n) is 6.21. The zero-order valence-corrected chi connectivity index (χ0v) is 15.6. The lowest BCUT2D eigenvalue weighted by Gasteiger charge is -2.08. The van der Waals surface area contributed by atoms with Gasteiger partial charge in [-0.2, -0.15) is 5.10 Å². The lowest BCUT2D eigenvalue weighted by Crippen LogP contribution is -2.31. The molecule has 0 saturated heterocycles. The van der Waals surface area contributed by atoms with Gasteiger partial charge in [0.1, 0.15) is 17.9 Å². The monoisotopic (exact) mass is 368 g/mol. The average Bonchev–Trinajstić information content (AvgIpc) is 3.10. The fourth-order valence-corrected chi connectivity index (χ4v) is 2.58. The SMILES string of the molecule is CCCNc1ncnc2c1cnn2CCNC(=O)COc1ccc(C)cc1. The van der Waals surface area contributed by atoms with Gasteiger partial charge in [-0.25, -0.2) is 14.6 Å². The first-order valence-electron chi connectivity index (χ1n) is 9.04. The summed E-state index contributed by atoms with van der Waals surface area (Å²) in [5.74, 6) is 1.29. The van der Waals surface area contributed by atoms with Gasteiger partial charge in [-0.05, 0) is 25.5 Å². The fourth-order valence-electron chi connectivity index (χ4n) is 2.58. The molecule has 0 bridgehead atoms. The maximum Gasteiger partial charge on any atom is 0.258 e. The van der Waals surface area contributed by atoms with E-state index in [-0.39, 0.29) is 12.5 Å². The van der Waals surface area contributed by atoms with Gasteiger partial charge in [-0.3, -0.25) is 4.79 Å². The van der Waals surface area contributed by atoms with E-state index in [4.69, 9.17) is 4.74 Å². The molecular weight excluding hydrogens is 344 g/mol. The summed E-state index contributed by atoms with van der Waals surface area (Å²) in [7, 11) is 0. The van der Waals surface area contributed by atoms with Crippen molar-refractivity contribution < 1.29 is 9.53 Å². The van der Waals surface area contributed by atoms with Gasteiger partial charge in [0, 0.05) is 13.1 Å². The molecule has 0 saturated carbocycles. The van der Waals surface area contributed by atoms with E-state index in [0.717, 1.165) is 35.4 Å². The Morgan fingerprint density at radius 3 is 2.78 bits per heavy atom. The molecule has 3 rings (SSSR count). The third-order valence-corrected chi connectivity index (χ3v) is 4.01. The number of nitrogens with one attached hydrogen (secondary N) is 2. The molecule has 0 aliphatic rings. The van der Waals surface area contributed by atoms with Gasteiger partial charge in [0.2, 0.25) is 0 Å². The number of aryl methyl sites for hydroxylation is 1. The number of hydrogen-bond acceptors (Lipinski definition) is 6. The lowest BCUT2D eigenvalue weighted by atomic mass is 10.2. The van der Waals surface area contributed by atoms with Crippen molar-refractivity contribution in [1.82, 2.24) is 25.1 Å². The molecule has 0 radical (unpaired) electrons. The normalized spacial score (nSPS) is 10.7. The number of nitrogens with zero attached hydrogens (tertiary/aromatic N) is 4. The number of benzene rings is 1. The molecule has 0 aliphatic carbocycles. The quantitative estimate of drug-likeness (QED) is 0.601. The van der Waals surface area contributed by atoms with Gasteiger partial charge in [0.25, 0.3) is 5.91 Å². The van der Waals surface area contributed by atoms with Gasteiger partial charge in [0.05, 0.1) is 18.1 Å². The Labute approximate surface area is 158 Å². The minimum Gasteiger partial charge on any atom is -0.484 e. The van der Waals surface area contributed by atoms with Crippen molar-refractivity contribution in [3.05, 3.63) is 42.4 Å². The summed E-state index contributed by atoms with van der Waals surface area (Å²) in [5.41, 5.74) is 1.89. The highest BCUT2D eigenvalue weighted by molar-refractivity contribution is 5.86. The van der Waals surface area contributed by atoms with Crippen LogP contribution in [-0.2, 0) is 11.3 Å². The van der Waals surface area contributed by atoms with Crippen molar-refractivity contribution in [1.29, 1.82) is 0 Å². The van der Waals surface area contributed by atoms with E-state index < -0.39 is 0 Å². The third kappa shape index (κ3) is 4.93. The molecule has 142 valence electrons. The van der Waals surface area contributed by atoms with Crippen LogP contribution in [-0.4, -0.2) is 45.4 Å².